The Kier molecular flexibility index (Phi) is 33.2. The van der Waals surface area contributed by atoms with Crippen LogP contribution < -0.4 is 10.6 Å². The third kappa shape index (κ3) is 26.1. The predicted molar refractivity (Wildman–Crippen MR) is 231 cm³/mol. The van der Waals surface area contributed by atoms with Gasteiger partial charge in [0.1, 0.15) is 36.6 Å². The van der Waals surface area contributed by atoms with Crippen molar-refractivity contribution in [1.29, 1.82) is 0 Å². The Morgan fingerprint density at radius 1 is 0.638 bits per heavy atom. The number of aliphatic hydroxyl groups excluding tert-OH is 6. The molecule has 12 nitrogen and oxygen atoms in total. The Morgan fingerprint density at radius 2 is 1.07 bits per heavy atom. The zero-order chi connectivity index (χ0) is 43.0. The predicted octanol–water partition coefficient (Wildman–Crippen LogP) is 7.11. The molecule has 0 unspecified atom stereocenters. The van der Waals surface area contributed by atoms with Gasteiger partial charge in [0.05, 0.1) is 25.4 Å². The van der Waals surface area contributed by atoms with Gasteiger partial charge in [0, 0.05) is 6.92 Å². The minimum atomic E-state index is -1.53. The SMILES string of the molecule is CCCCCCCCCCCCCCCCCCCC[C@@H](O)C(=O)N[C@@H](CO[C@@H]1O[C@H](CO)[C@@H](O)[C@H](O)[C@H]1NC(C)=O)[C@H](O)[C@H](O)CCCCCCCCCC(C)C. The highest BCUT2D eigenvalue weighted by atomic mass is 16.7. The van der Waals surface area contributed by atoms with Gasteiger partial charge >= 0.3 is 0 Å². The van der Waals surface area contributed by atoms with Crippen LogP contribution in [-0.4, -0.2) is 111 Å². The molecule has 1 saturated heterocycles. The minimum Gasteiger partial charge on any atom is -0.394 e. The highest BCUT2D eigenvalue weighted by Crippen LogP contribution is 2.24. The fraction of sp³-hybridized carbons (Fsp3) is 0.957. The average Bonchev–Trinajstić information content (AvgIpc) is 3.19. The lowest BCUT2D eigenvalue weighted by molar-refractivity contribution is -0.272. The largest absolute Gasteiger partial charge is 0.394 e. The van der Waals surface area contributed by atoms with Crippen molar-refractivity contribution in [2.45, 2.75) is 262 Å². The van der Waals surface area contributed by atoms with Crippen molar-refractivity contribution in [2.75, 3.05) is 13.2 Å². The summed E-state index contributed by atoms with van der Waals surface area (Å²) in [5.41, 5.74) is 0. The summed E-state index contributed by atoms with van der Waals surface area (Å²) >= 11 is 0. The molecule has 8 N–H and O–H groups in total. The molecule has 0 spiro atoms. The lowest BCUT2D eigenvalue weighted by atomic mass is 9.96. The van der Waals surface area contributed by atoms with Crippen LogP contribution >= 0.6 is 0 Å². The molecule has 0 radical (unpaired) electrons. The number of unbranched alkanes of at least 4 members (excludes halogenated alkanes) is 23. The van der Waals surface area contributed by atoms with Gasteiger partial charge < -0.3 is 50.7 Å². The minimum absolute atomic E-state index is 0.257. The van der Waals surface area contributed by atoms with Gasteiger partial charge in [-0.05, 0) is 18.8 Å². The summed E-state index contributed by atoms with van der Waals surface area (Å²) in [6.07, 6.45) is 22.1. The summed E-state index contributed by atoms with van der Waals surface area (Å²) in [7, 11) is 0. The van der Waals surface area contributed by atoms with E-state index in [0.29, 0.717) is 19.3 Å². The van der Waals surface area contributed by atoms with E-state index in [0.717, 1.165) is 44.4 Å². The Morgan fingerprint density at radius 3 is 1.50 bits per heavy atom. The second-order valence-electron chi connectivity index (χ2n) is 17.7. The smallest absolute Gasteiger partial charge is 0.249 e. The van der Waals surface area contributed by atoms with Gasteiger partial charge in [-0.15, -0.1) is 0 Å². The number of nitrogens with one attached hydrogen (secondary N) is 2. The van der Waals surface area contributed by atoms with Crippen LogP contribution in [0.1, 0.15) is 207 Å². The summed E-state index contributed by atoms with van der Waals surface area (Å²) in [6, 6.07) is -2.38. The zero-order valence-electron chi connectivity index (χ0n) is 37.3. The van der Waals surface area contributed by atoms with Gasteiger partial charge in [0.15, 0.2) is 6.29 Å². The number of rotatable bonds is 38. The maximum absolute atomic E-state index is 13.2. The number of aliphatic hydroxyl groups is 6. The van der Waals surface area contributed by atoms with E-state index in [1.54, 1.807) is 0 Å². The van der Waals surface area contributed by atoms with Crippen molar-refractivity contribution in [3.05, 3.63) is 0 Å². The molecule has 0 aromatic rings. The molecule has 1 fully saturated rings. The second kappa shape index (κ2) is 35.2. The van der Waals surface area contributed by atoms with Gasteiger partial charge in [-0.1, -0.05) is 188 Å². The Balaban J connectivity index is 2.55. The molecular weight excluding hydrogens is 741 g/mol. The molecule has 9 atom stereocenters. The molecule has 0 saturated carbocycles. The molecule has 58 heavy (non-hydrogen) atoms. The van der Waals surface area contributed by atoms with E-state index in [1.807, 2.05) is 0 Å². The summed E-state index contributed by atoms with van der Waals surface area (Å²) in [5, 5.41) is 68.9. The van der Waals surface area contributed by atoms with Crippen LogP contribution in [0.25, 0.3) is 0 Å². The summed E-state index contributed by atoms with van der Waals surface area (Å²) in [6.45, 7) is 6.93. The first-order chi connectivity index (χ1) is 27.9. The zero-order valence-corrected chi connectivity index (χ0v) is 37.3. The summed E-state index contributed by atoms with van der Waals surface area (Å²) in [4.78, 5) is 25.1. The van der Waals surface area contributed by atoms with E-state index in [9.17, 15) is 40.2 Å². The molecule has 2 amide bonds. The number of carbonyl (C=O) groups is 2. The van der Waals surface area contributed by atoms with E-state index < -0.39 is 80.0 Å². The second-order valence-corrected chi connectivity index (χ2v) is 17.7. The van der Waals surface area contributed by atoms with Crippen LogP contribution in [0.4, 0.5) is 0 Å². The Hall–Kier alpha value is -1.38. The molecular formula is C46H90N2O10. The summed E-state index contributed by atoms with van der Waals surface area (Å²) < 4.78 is 11.5. The van der Waals surface area contributed by atoms with Gasteiger partial charge in [0.25, 0.3) is 0 Å². The van der Waals surface area contributed by atoms with Crippen molar-refractivity contribution >= 4 is 11.8 Å². The first-order valence-electron chi connectivity index (χ1n) is 23.8. The number of hydrogen-bond acceptors (Lipinski definition) is 10. The van der Waals surface area contributed by atoms with E-state index in [2.05, 4.69) is 31.4 Å². The molecule has 344 valence electrons. The van der Waals surface area contributed by atoms with Gasteiger partial charge in [-0.3, -0.25) is 9.59 Å². The first-order valence-corrected chi connectivity index (χ1v) is 23.8. The fourth-order valence-electron chi connectivity index (χ4n) is 7.92. The number of amides is 2. The first kappa shape index (κ1) is 54.6. The van der Waals surface area contributed by atoms with Crippen LogP contribution in [0.15, 0.2) is 0 Å². The van der Waals surface area contributed by atoms with E-state index in [-0.39, 0.29) is 6.42 Å². The van der Waals surface area contributed by atoms with Crippen LogP contribution in [0, 0.1) is 5.92 Å². The van der Waals surface area contributed by atoms with Crippen molar-refractivity contribution in [2.24, 2.45) is 5.92 Å². The Labute approximate surface area is 353 Å². The molecule has 12 heteroatoms. The number of ether oxygens (including phenoxy) is 2. The highest BCUT2D eigenvalue weighted by molar-refractivity contribution is 5.80. The lowest BCUT2D eigenvalue weighted by Crippen LogP contribution is -2.65. The fourth-order valence-corrected chi connectivity index (χ4v) is 7.92. The van der Waals surface area contributed by atoms with Crippen molar-refractivity contribution in [1.82, 2.24) is 10.6 Å². The van der Waals surface area contributed by atoms with Crippen molar-refractivity contribution in [3.63, 3.8) is 0 Å². The molecule has 1 heterocycles. The maximum atomic E-state index is 13.2. The van der Waals surface area contributed by atoms with Crippen LogP contribution in [0.5, 0.6) is 0 Å². The maximum Gasteiger partial charge on any atom is 0.249 e. The lowest BCUT2D eigenvalue weighted by Gasteiger charge is -2.42. The molecule has 1 aliphatic heterocycles. The molecule has 0 aromatic heterocycles. The van der Waals surface area contributed by atoms with Gasteiger partial charge in [-0.25, -0.2) is 0 Å². The normalized spacial score (nSPS) is 21.8. The average molecular weight is 831 g/mol. The summed E-state index contributed by atoms with van der Waals surface area (Å²) in [5.74, 6) is -0.496. The molecule has 0 aliphatic carbocycles. The number of hydrogen-bond donors (Lipinski definition) is 8. The van der Waals surface area contributed by atoms with Crippen LogP contribution in [-0.2, 0) is 19.1 Å². The van der Waals surface area contributed by atoms with Gasteiger partial charge in [0.2, 0.25) is 11.8 Å². The topological polar surface area (TPSA) is 198 Å². The Bertz CT molecular complexity index is 990. The van der Waals surface area contributed by atoms with Crippen molar-refractivity contribution < 1.29 is 49.7 Å². The molecule has 0 aromatic carbocycles. The number of carbonyl (C=O) groups excluding carboxylic acids is 2. The van der Waals surface area contributed by atoms with Crippen LogP contribution in [0.2, 0.25) is 0 Å². The molecule has 0 bridgehead atoms. The van der Waals surface area contributed by atoms with E-state index >= 15 is 0 Å². The standard InChI is InChI=1S/C46H90N2O10/c1-5-6-7-8-9-10-11-12-13-14-15-16-17-18-19-22-26-29-32-39(52)45(56)48-37(42(53)38(51)31-28-25-23-20-21-24-27-30-35(2)3)34-57-46-41(47-36(4)50)44(55)43(54)40(33-49)58-46/h35,37-44,46,49,51-55H,5-34H2,1-4H3,(H,47,50)(H,48,56)/t37-,38+,39+,40+,41+,42-,43+,44+,46+/m0/s1. The van der Waals surface area contributed by atoms with E-state index in [4.69, 9.17) is 9.47 Å². The molecule has 1 rings (SSSR count). The highest BCUT2D eigenvalue weighted by Gasteiger charge is 2.46. The molecule has 1 aliphatic rings. The van der Waals surface area contributed by atoms with E-state index in [1.165, 1.54) is 122 Å². The monoisotopic (exact) mass is 831 g/mol. The quantitative estimate of drug-likeness (QED) is 0.0297. The van der Waals surface area contributed by atoms with Crippen LogP contribution in [0.3, 0.4) is 0 Å². The van der Waals surface area contributed by atoms with Gasteiger partial charge in [-0.2, -0.15) is 0 Å². The third-order valence-corrected chi connectivity index (χ3v) is 11.7. The third-order valence-electron chi connectivity index (χ3n) is 11.7. The van der Waals surface area contributed by atoms with Crippen molar-refractivity contribution in [3.8, 4) is 0 Å².